The van der Waals surface area contributed by atoms with Crippen LogP contribution in [0, 0.1) is 0 Å². The number of methoxy groups -OCH3 is 1. The fourth-order valence-corrected chi connectivity index (χ4v) is 3.66. The van der Waals surface area contributed by atoms with Crippen molar-refractivity contribution >= 4 is 33.2 Å². The van der Waals surface area contributed by atoms with Crippen molar-refractivity contribution in [2.75, 3.05) is 41.3 Å². The molecule has 0 aliphatic rings. The number of hydrogen-bond donors (Lipinski definition) is 0. The van der Waals surface area contributed by atoms with E-state index in [-0.39, 0.29) is 16.5 Å². The summed E-state index contributed by atoms with van der Waals surface area (Å²) < 4.78 is 31.8. The number of sulfonamides is 1. The Kier molecular flexibility index (Phi) is 6.74. The summed E-state index contributed by atoms with van der Waals surface area (Å²) in [6.45, 7) is 0.974. The lowest BCUT2D eigenvalue weighted by Crippen LogP contribution is -2.33. The summed E-state index contributed by atoms with van der Waals surface area (Å²) in [5.41, 5.74) is 0.547. The minimum atomic E-state index is -3.69. The molecule has 5 nitrogen and oxygen atoms in total. The molecule has 0 fully saturated rings. The number of likely N-dealkylation sites (N-methyl/N-ethyl adjacent to an activating group) is 2. The van der Waals surface area contributed by atoms with Crippen molar-refractivity contribution in [2.45, 2.75) is 10.8 Å². The molecule has 1 aromatic carbocycles. The third-order valence-electron chi connectivity index (χ3n) is 2.99. The topological polar surface area (TPSA) is 49.9 Å². The molecule has 0 radical (unpaired) electrons. The molecule has 0 heterocycles. The third kappa shape index (κ3) is 4.47. The van der Waals surface area contributed by atoms with Gasteiger partial charge in [-0.25, -0.2) is 8.42 Å². The van der Waals surface area contributed by atoms with Gasteiger partial charge in [0.25, 0.3) is 0 Å². The molecule has 120 valence electrons. The van der Waals surface area contributed by atoms with E-state index in [2.05, 4.69) is 0 Å². The van der Waals surface area contributed by atoms with E-state index in [9.17, 15) is 8.42 Å². The van der Waals surface area contributed by atoms with Gasteiger partial charge in [-0.15, -0.1) is 11.6 Å². The average molecular weight is 355 g/mol. The molecule has 0 aromatic heterocycles. The Bertz CT molecular complexity index is 591. The van der Waals surface area contributed by atoms with Crippen molar-refractivity contribution in [3.63, 3.8) is 0 Å². The largest absolute Gasteiger partial charge is 0.495 e. The Morgan fingerprint density at radius 1 is 1.19 bits per heavy atom. The van der Waals surface area contributed by atoms with Crippen LogP contribution in [0.15, 0.2) is 17.0 Å². The van der Waals surface area contributed by atoms with Crippen LogP contribution in [0.5, 0.6) is 5.75 Å². The van der Waals surface area contributed by atoms with Crippen LogP contribution in [-0.2, 0) is 15.9 Å². The van der Waals surface area contributed by atoms with Gasteiger partial charge in [-0.2, -0.15) is 4.31 Å². The third-order valence-corrected chi connectivity index (χ3v) is 5.36. The Morgan fingerprint density at radius 2 is 1.81 bits per heavy atom. The second-order valence-electron chi connectivity index (χ2n) is 4.86. The van der Waals surface area contributed by atoms with Gasteiger partial charge in [0.1, 0.15) is 10.6 Å². The van der Waals surface area contributed by atoms with E-state index in [1.807, 2.05) is 19.0 Å². The molecule has 1 aromatic rings. The van der Waals surface area contributed by atoms with Crippen molar-refractivity contribution < 1.29 is 13.2 Å². The van der Waals surface area contributed by atoms with Gasteiger partial charge in [-0.05, 0) is 26.2 Å². The normalized spacial score (nSPS) is 12.2. The molecule has 21 heavy (non-hydrogen) atoms. The highest BCUT2D eigenvalue weighted by atomic mass is 35.5. The number of ether oxygens (including phenoxy) is 1. The zero-order valence-electron chi connectivity index (χ0n) is 12.6. The van der Waals surface area contributed by atoms with Crippen LogP contribution in [0.3, 0.4) is 0 Å². The van der Waals surface area contributed by atoms with Crippen molar-refractivity contribution in [1.82, 2.24) is 9.21 Å². The maximum atomic E-state index is 12.7. The predicted octanol–water partition coefficient (Wildman–Crippen LogP) is 2.27. The number of halogens is 2. The van der Waals surface area contributed by atoms with Crippen molar-refractivity contribution in [1.29, 1.82) is 0 Å². The number of rotatable bonds is 7. The lowest BCUT2D eigenvalue weighted by molar-refractivity contribution is 0.355. The molecule has 0 spiro atoms. The van der Waals surface area contributed by atoms with Crippen LogP contribution in [0.4, 0.5) is 0 Å². The molecular weight excluding hydrogens is 335 g/mol. The van der Waals surface area contributed by atoms with Crippen LogP contribution in [0.25, 0.3) is 0 Å². The Morgan fingerprint density at radius 3 is 2.29 bits per heavy atom. The van der Waals surface area contributed by atoms with Gasteiger partial charge in [-0.3, -0.25) is 0 Å². The van der Waals surface area contributed by atoms with E-state index in [4.69, 9.17) is 27.9 Å². The van der Waals surface area contributed by atoms with E-state index in [0.717, 1.165) is 0 Å². The second kappa shape index (κ2) is 7.65. The molecule has 0 aliphatic carbocycles. The zero-order chi connectivity index (χ0) is 16.2. The fourth-order valence-electron chi connectivity index (χ4n) is 1.77. The number of alkyl halides is 1. The first-order valence-corrected chi connectivity index (χ1v) is 8.62. The summed E-state index contributed by atoms with van der Waals surface area (Å²) >= 11 is 11.8. The molecule has 0 unspecified atom stereocenters. The zero-order valence-corrected chi connectivity index (χ0v) is 14.9. The number of nitrogens with zero attached hydrogens (tertiary/aromatic N) is 2. The molecule has 0 amide bonds. The summed E-state index contributed by atoms with van der Waals surface area (Å²) in [6.07, 6.45) is 0. The van der Waals surface area contributed by atoms with Crippen molar-refractivity contribution in [3.05, 3.63) is 22.7 Å². The monoisotopic (exact) mass is 354 g/mol. The first-order chi connectivity index (χ1) is 9.73. The first-order valence-electron chi connectivity index (χ1n) is 6.27. The molecule has 8 heteroatoms. The first kappa shape index (κ1) is 18.5. The van der Waals surface area contributed by atoms with Crippen molar-refractivity contribution in [3.8, 4) is 5.75 Å². The summed E-state index contributed by atoms with van der Waals surface area (Å²) in [4.78, 5) is 1.94. The highest BCUT2D eigenvalue weighted by Gasteiger charge is 2.27. The van der Waals surface area contributed by atoms with Gasteiger partial charge in [0.2, 0.25) is 10.0 Å². The highest BCUT2D eigenvalue weighted by molar-refractivity contribution is 7.89. The van der Waals surface area contributed by atoms with Gasteiger partial charge >= 0.3 is 0 Å². The van der Waals surface area contributed by atoms with Crippen LogP contribution < -0.4 is 4.74 Å². The van der Waals surface area contributed by atoms with Crippen LogP contribution in [0.1, 0.15) is 5.56 Å². The van der Waals surface area contributed by atoms with Gasteiger partial charge in [0.05, 0.1) is 13.0 Å². The summed E-state index contributed by atoms with van der Waals surface area (Å²) in [5.74, 6) is 0.360. The van der Waals surface area contributed by atoms with E-state index < -0.39 is 10.0 Å². The quantitative estimate of drug-likeness (QED) is 0.704. The lowest BCUT2D eigenvalue weighted by atomic mass is 10.2. The molecule has 0 bridgehead atoms. The molecule has 0 atom stereocenters. The Hall–Kier alpha value is -0.530. The average Bonchev–Trinajstić information content (AvgIpc) is 2.43. The van der Waals surface area contributed by atoms with Crippen LogP contribution in [-0.4, -0.2) is 59.0 Å². The SMILES string of the molecule is COc1c(CCl)cc(Cl)cc1S(=O)(=O)N(C)CCN(C)C. The van der Waals surface area contributed by atoms with E-state index >= 15 is 0 Å². The van der Waals surface area contributed by atoms with Crippen LogP contribution in [0.2, 0.25) is 5.02 Å². The maximum Gasteiger partial charge on any atom is 0.246 e. The molecule has 0 saturated heterocycles. The molecular formula is C13H20Cl2N2O3S. The smallest absolute Gasteiger partial charge is 0.246 e. The Balaban J connectivity index is 3.27. The summed E-state index contributed by atoms with van der Waals surface area (Å²) in [6, 6.07) is 2.99. The van der Waals surface area contributed by atoms with Gasteiger partial charge < -0.3 is 9.64 Å². The summed E-state index contributed by atoms with van der Waals surface area (Å²) in [7, 11) is 3.01. The number of benzene rings is 1. The van der Waals surface area contributed by atoms with E-state index in [1.54, 1.807) is 6.07 Å². The second-order valence-corrected chi connectivity index (χ2v) is 7.58. The van der Waals surface area contributed by atoms with Gasteiger partial charge in [-0.1, -0.05) is 11.6 Å². The Labute approximate surface area is 136 Å². The predicted molar refractivity (Wildman–Crippen MR) is 85.9 cm³/mol. The minimum Gasteiger partial charge on any atom is -0.495 e. The van der Waals surface area contributed by atoms with E-state index in [1.165, 1.54) is 24.5 Å². The molecule has 1 rings (SSSR count). The maximum absolute atomic E-state index is 12.7. The highest BCUT2D eigenvalue weighted by Crippen LogP contribution is 2.34. The number of hydrogen-bond acceptors (Lipinski definition) is 4. The van der Waals surface area contributed by atoms with Gasteiger partial charge in [0.15, 0.2) is 0 Å². The minimum absolute atomic E-state index is 0.0365. The van der Waals surface area contributed by atoms with Gasteiger partial charge in [0, 0.05) is 30.7 Å². The standard InChI is InChI=1S/C13H20Cl2N2O3S/c1-16(2)5-6-17(3)21(18,19)12-8-11(15)7-10(9-14)13(12)20-4/h7-8H,5-6,9H2,1-4H3. The molecule has 0 aliphatic heterocycles. The fraction of sp³-hybridized carbons (Fsp3) is 0.538. The van der Waals surface area contributed by atoms with Crippen LogP contribution >= 0.6 is 23.2 Å². The molecule has 0 saturated carbocycles. The van der Waals surface area contributed by atoms with E-state index in [0.29, 0.717) is 23.7 Å². The lowest BCUT2D eigenvalue weighted by Gasteiger charge is -2.21. The summed E-state index contributed by atoms with van der Waals surface area (Å²) in [5, 5.41) is 0.311. The van der Waals surface area contributed by atoms with Crippen molar-refractivity contribution in [2.24, 2.45) is 0 Å². The molecule has 0 N–H and O–H groups in total.